The fourth-order valence-electron chi connectivity index (χ4n) is 0.806. The highest BCUT2D eigenvalue weighted by Gasteiger charge is 1.99. The highest BCUT2D eigenvalue weighted by Crippen LogP contribution is 2.18. The van der Waals surface area contributed by atoms with Gasteiger partial charge in [-0.2, -0.15) is 0 Å². The standard InChI is InChI=1S/C7H9IN2O.ClH/c8-6-1-2-7(11)5(3-6)4-10-9;/h1-3,10-11H,4,9H2;1H. The normalized spacial score (nSPS) is 9.17. The smallest absolute Gasteiger partial charge is 0.120 e. The van der Waals surface area contributed by atoms with E-state index in [1.54, 1.807) is 6.07 Å². The number of rotatable bonds is 2. The molecule has 12 heavy (non-hydrogen) atoms. The summed E-state index contributed by atoms with van der Waals surface area (Å²) in [5, 5.41) is 9.27. The maximum atomic E-state index is 9.27. The van der Waals surface area contributed by atoms with Crippen LogP contribution in [0.5, 0.6) is 5.75 Å². The second-order valence-electron chi connectivity index (χ2n) is 2.15. The van der Waals surface area contributed by atoms with Crippen molar-refractivity contribution in [2.45, 2.75) is 6.54 Å². The molecule has 0 bridgehead atoms. The third-order valence-electron chi connectivity index (χ3n) is 1.33. The van der Waals surface area contributed by atoms with Gasteiger partial charge in [0.2, 0.25) is 0 Å². The Bertz CT molecular complexity index is 257. The van der Waals surface area contributed by atoms with Crippen molar-refractivity contribution >= 4 is 35.0 Å². The number of nitrogens with one attached hydrogen (secondary N) is 1. The molecule has 4 N–H and O–H groups in total. The van der Waals surface area contributed by atoms with Crippen molar-refractivity contribution in [2.75, 3.05) is 0 Å². The number of phenols is 1. The number of nitrogens with two attached hydrogens (primary N) is 1. The molecule has 3 nitrogen and oxygen atoms in total. The van der Waals surface area contributed by atoms with Gasteiger partial charge >= 0.3 is 0 Å². The van der Waals surface area contributed by atoms with E-state index in [-0.39, 0.29) is 18.2 Å². The summed E-state index contributed by atoms with van der Waals surface area (Å²) in [4.78, 5) is 0. The molecule has 0 aliphatic carbocycles. The number of hydrazine groups is 1. The van der Waals surface area contributed by atoms with Crippen LogP contribution in [0.4, 0.5) is 0 Å². The van der Waals surface area contributed by atoms with Gasteiger partial charge in [0.15, 0.2) is 0 Å². The van der Waals surface area contributed by atoms with E-state index >= 15 is 0 Å². The van der Waals surface area contributed by atoms with E-state index in [9.17, 15) is 5.11 Å². The van der Waals surface area contributed by atoms with Crippen LogP contribution in [-0.2, 0) is 6.54 Å². The fraction of sp³-hybridized carbons (Fsp3) is 0.143. The van der Waals surface area contributed by atoms with Crippen LogP contribution in [0.2, 0.25) is 0 Å². The van der Waals surface area contributed by atoms with E-state index in [2.05, 4.69) is 28.0 Å². The van der Waals surface area contributed by atoms with E-state index in [1.165, 1.54) is 0 Å². The third kappa shape index (κ3) is 3.14. The van der Waals surface area contributed by atoms with E-state index in [1.807, 2.05) is 12.1 Å². The molecule has 0 radical (unpaired) electrons. The lowest BCUT2D eigenvalue weighted by Crippen LogP contribution is -2.20. The summed E-state index contributed by atoms with van der Waals surface area (Å²) < 4.78 is 1.09. The quantitative estimate of drug-likeness (QED) is 0.439. The van der Waals surface area contributed by atoms with Gasteiger partial charge in [0.05, 0.1) is 0 Å². The first-order valence-electron chi connectivity index (χ1n) is 3.15. The Balaban J connectivity index is 0.00000121. The molecule has 0 spiro atoms. The molecule has 0 saturated carbocycles. The Morgan fingerprint density at radius 3 is 2.75 bits per heavy atom. The first-order chi connectivity index (χ1) is 5.24. The lowest BCUT2D eigenvalue weighted by Gasteiger charge is -2.02. The minimum atomic E-state index is 0. The van der Waals surface area contributed by atoms with Crippen LogP contribution >= 0.6 is 35.0 Å². The largest absolute Gasteiger partial charge is 0.508 e. The van der Waals surface area contributed by atoms with Gasteiger partial charge in [0.25, 0.3) is 0 Å². The number of benzene rings is 1. The van der Waals surface area contributed by atoms with Gasteiger partial charge in [0, 0.05) is 15.7 Å². The first-order valence-corrected chi connectivity index (χ1v) is 4.23. The van der Waals surface area contributed by atoms with Gasteiger partial charge < -0.3 is 5.11 Å². The molecule has 68 valence electrons. The van der Waals surface area contributed by atoms with Crippen molar-refractivity contribution < 1.29 is 5.11 Å². The van der Waals surface area contributed by atoms with Gasteiger partial charge in [0.1, 0.15) is 5.75 Å². The zero-order valence-electron chi connectivity index (χ0n) is 6.25. The van der Waals surface area contributed by atoms with Crippen molar-refractivity contribution in [2.24, 2.45) is 5.84 Å². The second-order valence-corrected chi connectivity index (χ2v) is 3.40. The van der Waals surface area contributed by atoms with Gasteiger partial charge in [-0.3, -0.25) is 11.3 Å². The van der Waals surface area contributed by atoms with Crippen molar-refractivity contribution in [3.63, 3.8) is 0 Å². The monoisotopic (exact) mass is 300 g/mol. The summed E-state index contributed by atoms with van der Waals surface area (Å²) in [5.74, 6) is 5.40. The fourth-order valence-corrected chi connectivity index (χ4v) is 1.36. The SMILES string of the molecule is Cl.NNCc1cc(I)ccc1O. The molecule has 0 heterocycles. The van der Waals surface area contributed by atoms with Gasteiger partial charge in [-0.15, -0.1) is 12.4 Å². The Labute approximate surface area is 90.9 Å². The maximum absolute atomic E-state index is 9.27. The van der Waals surface area contributed by atoms with Crippen LogP contribution in [0.3, 0.4) is 0 Å². The Morgan fingerprint density at radius 2 is 2.17 bits per heavy atom. The summed E-state index contributed by atoms with van der Waals surface area (Å²) in [6.45, 7) is 0.489. The average molecular weight is 301 g/mol. The van der Waals surface area contributed by atoms with Crippen LogP contribution in [0.25, 0.3) is 0 Å². The minimum absolute atomic E-state index is 0. The summed E-state index contributed by atoms with van der Waals surface area (Å²) in [6.07, 6.45) is 0. The molecule has 0 saturated heterocycles. The number of hydrogen-bond donors (Lipinski definition) is 3. The minimum Gasteiger partial charge on any atom is -0.508 e. The average Bonchev–Trinajstić information content (AvgIpc) is 1.98. The van der Waals surface area contributed by atoms with E-state index in [0.29, 0.717) is 6.54 Å². The highest BCUT2D eigenvalue weighted by molar-refractivity contribution is 14.1. The summed E-state index contributed by atoms with van der Waals surface area (Å²) >= 11 is 2.18. The van der Waals surface area contributed by atoms with Crippen molar-refractivity contribution in [3.05, 3.63) is 27.3 Å². The molecule has 0 aliphatic rings. The lowest BCUT2D eigenvalue weighted by atomic mass is 10.2. The molecular weight excluding hydrogens is 290 g/mol. The van der Waals surface area contributed by atoms with Crippen molar-refractivity contribution in [3.8, 4) is 5.75 Å². The number of halogens is 2. The molecule has 0 aromatic heterocycles. The zero-order chi connectivity index (χ0) is 8.27. The van der Waals surface area contributed by atoms with Gasteiger partial charge in [-0.05, 0) is 40.8 Å². The predicted molar refractivity (Wildman–Crippen MR) is 59.1 cm³/mol. The molecule has 0 atom stereocenters. The summed E-state index contributed by atoms with van der Waals surface area (Å²) in [6, 6.07) is 5.39. The van der Waals surface area contributed by atoms with Crippen LogP contribution in [-0.4, -0.2) is 5.11 Å². The topological polar surface area (TPSA) is 58.3 Å². The van der Waals surface area contributed by atoms with E-state index in [0.717, 1.165) is 9.13 Å². The second kappa shape index (κ2) is 5.58. The number of hydrogen-bond acceptors (Lipinski definition) is 3. The van der Waals surface area contributed by atoms with Crippen molar-refractivity contribution in [1.82, 2.24) is 5.43 Å². The summed E-state index contributed by atoms with van der Waals surface area (Å²) in [5.41, 5.74) is 3.31. The van der Waals surface area contributed by atoms with Crippen LogP contribution < -0.4 is 11.3 Å². The molecule has 0 amide bonds. The van der Waals surface area contributed by atoms with Gasteiger partial charge in [-0.1, -0.05) is 0 Å². The Morgan fingerprint density at radius 1 is 1.50 bits per heavy atom. The molecule has 1 aromatic carbocycles. The molecular formula is C7H10ClIN2O. The van der Waals surface area contributed by atoms with Crippen molar-refractivity contribution in [1.29, 1.82) is 0 Å². The van der Waals surface area contributed by atoms with Gasteiger partial charge in [-0.25, -0.2) is 0 Å². The molecule has 1 rings (SSSR count). The number of aromatic hydroxyl groups is 1. The Hall–Kier alpha value is -0.0400. The first kappa shape index (κ1) is 12.0. The molecule has 1 aromatic rings. The number of phenolic OH excluding ortho intramolecular Hbond substituents is 1. The Kier molecular flexibility index (Phi) is 5.56. The van der Waals surface area contributed by atoms with Crippen LogP contribution in [0, 0.1) is 3.57 Å². The van der Waals surface area contributed by atoms with E-state index in [4.69, 9.17) is 5.84 Å². The zero-order valence-corrected chi connectivity index (χ0v) is 9.22. The third-order valence-corrected chi connectivity index (χ3v) is 2.01. The van der Waals surface area contributed by atoms with Crippen LogP contribution in [0.1, 0.15) is 5.56 Å². The molecule has 0 fully saturated rings. The van der Waals surface area contributed by atoms with E-state index < -0.39 is 0 Å². The molecule has 0 unspecified atom stereocenters. The summed E-state index contributed by atoms with van der Waals surface area (Å²) in [7, 11) is 0. The molecule has 0 aliphatic heterocycles. The molecule has 5 heteroatoms. The maximum Gasteiger partial charge on any atom is 0.120 e. The lowest BCUT2D eigenvalue weighted by molar-refractivity contribution is 0.465. The van der Waals surface area contributed by atoms with Crippen LogP contribution in [0.15, 0.2) is 18.2 Å². The predicted octanol–water partition coefficient (Wildman–Crippen LogP) is 1.38. The highest BCUT2D eigenvalue weighted by atomic mass is 127.